The number of fused-ring (bicyclic) bond motifs is 1. The van der Waals surface area contributed by atoms with Crippen molar-refractivity contribution in [1.29, 1.82) is 0 Å². The first-order valence-electron chi connectivity index (χ1n) is 9.84. The third-order valence-corrected chi connectivity index (χ3v) is 4.76. The first-order chi connectivity index (χ1) is 15.6. The van der Waals surface area contributed by atoms with Crippen LogP contribution in [-0.2, 0) is 6.61 Å². The summed E-state index contributed by atoms with van der Waals surface area (Å²) in [6, 6.07) is 20.9. The van der Waals surface area contributed by atoms with E-state index < -0.39 is 0 Å². The van der Waals surface area contributed by atoms with Gasteiger partial charge in [0.25, 0.3) is 5.91 Å². The molecule has 160 valence electrons. The Kier molecular flexibility index (Phi) is 6.27. The second-order valence-corrected chi connectivity index (χ2v) is 6.87. The van der Waals surface area contributed by atoms with Crippen LogP contribution in [0, 0.1) is 0 Å². The van der Waals surface area contributed by atoms with Gasteiger partial charge in [-0.15, -0.1) is 0 Å². The van der Waals surface area contributed by atoms with Crippen molar-refractivity contribution in [2.75, 3.05) is 7.11 Å². The zero-order chi connectivity index (χ0) is 22.3. The maximum absolute atomic E-state index is 12.5. The molecule has 0 aliphatic carbocycles. The van der Waals surface area contributed by atoms with E-state index in [0.29, 0.717) is 33.6 Å². The molecule has 7 heteroatoms. The van der Waals surface area contributed by atoms with Gasteiger partial charge in [-0.25, -0.2) is 5.43 Å². The minimum absolute atomic E-state index is 0.0958. The van der Waals surface area contributed by atoms with Crippen LogP contribution in [0.2, 0.25) is 0 Å². The lowest BCUT2D eigenvalue weighted by Crippen LogP contribution is -2.17. The summed E-state index contributed by atoms with van der Waals surface area (Å²) in [5.74, 6) is 0.948. The molecule has 4 aromatic rings. The second-order valence-electron chi connectivity index (χ2n) is 6.87. The largest absolute Gasteiger partial charge is 0.497 e. The summed E-state index contributed by atoms with van der Waals surface area (Å²) < 4.78 is 16.3. The van der Waals surface area contributed by atoms with Crippen LogP contribution in [0.15, 0.2) is 93.4 Å². The van der Waals surface area contributed by atoms with Crippen LogP contribution in [0.1, 0.15) is 21.5 Å². The Bertz CT molecular complexity index is 1310. The number of hydrogen-bond donors (Lipinski definition) is 1. The molecule has 0 spiro atoms. The lowest BCUT2D eigenvalue weighted by molar-refractivity contribution is 0.0955. The molecule has 1 amide bonds. The zero-order valence-electron chi connectivity index (χ0n) is 17.3. The molecule has 0 aliphatic heterocycles. The van der Waals surface area contributed by atoms with Gasteiger partial charge >= 0.3 is 0 Å². The van der Waals surface area contributed by atoms with Crippen LogP contribution < -0.4 is 20.3 Å². The third kappa shape index (κ3) is 4.84. The number of hydrazone groups is 1. The van der Waals surface area contributed by atoms with Gasteiger partial charge in [0.15, 0.2) is 5.43 Å². The van der Waals surface area contributed by atoms with Crippen molar-refractivity contribution in [2.24, 2.45) is 5.10 Å². The molecule has 0 unspecified atom stereocenters. The van der Waals surface area contributed by atoms with E-state index in [1.165, 1.54) is 12.5 Å². The highest BCUT2D eigenvalue weighted by Gasteiger charge is 2.07. The highest BCUT2D eigenvalue weighted by Crippen LogP contribution is 2.15. The number of rotatable bonds is 7. The van der Waals surface area contributed by atoms with Crippen LogP contribution in [0.5, 0.6) is 11.5 Å². The van der Waals surface area contributed by atoms with E-state index >= 15 is 0 Å². The molecule has 32 heavy (non-hydrogen) atoms. The Hall–Kier alpha value is -4.39. The first-order valence-corrected chi connectivity index (χ1v) is 9.84. The van der Waals surface area contributed by atoms with E-state index in [4.69, 9.17) is 13.9 Å². The molecular weight excluding hydrogens is 408 g/mol. The average molecular weight is 428 g/mol. The van der Waals surface area contributed by atoms with E-state index in [1.807, 2.05) is 6.07 Å². The fourth-order valence-electron chi connectivity index (χ4n) is 3.00. The number of hydrogen-bond acceptors (Lipinski definition) is 6. The normalized spacial score (nSPS) is 10.9. The molecule has 7 nitrogen and oxygen atoms in total. The zero-order valence-corrected chi connectivity index (χ0v) is 17.3. The number of methoxy groups -OCH3 is 1. The molecule has 3 aromatic carbocycles. The number of ether oxygens (including phenoxy) is 2. The Morgan fingerprint density at radius 1 is 1.00 bits per heavy atom. The van der Waals surface area contributed by atoms with Gasteiger partial charge in [0.05, 0.1) is 24.3 Å². The minimum atomic E-state index is -0.321. The van der Waals surface area contributed by atoms with Crippen molar-refractivity contribution in [3.8, 4) is 11.5 Å². The molecular formula is C25H20N2O5. The number of benzene rings is 3. The standard InChI is InChI=1S/C25H20N2O5/c1-30-20-12-8-18(9-13-20)25(29)27-26-14-17-6-10-21(11-7-17)31-15-19-16-32-23-5-3-2-4-22(23)24(19)28/h2-14,16H,15H2,1H3,(H,27,29)/b26-14+. The number of carbonyl (C=O) groups excluding carboxylic acids is 1. The molecule has 0 radical (unpaired) electrons. The monoisotopic (exact) mass is 428 g/mol. The van der Waals surface area contributed by atoms with Gasteiger partial charge < -0.3 is 13.9 Å². The van der Waals surface area contributed by atoms with Crippen molar-refractivity contribution in [2.45, 2.75) is 6.61 Å². The SMILES string of the molecule is COc1ccc(C(=O)N/N=C/c2ccc(OCc3coc4ccccc4c3=O)cc2)cc1. The van der Waals surface area contributed by atoms with Crippen molar-refractivity contribution in [1.82, 2.24) is 5.43 Å². The van der Waals surface area contributed by atoms with Crippen molar-refractivity contribution < 1.29 is 18.7 Å². The lowest BCUT2D eigenvalue weighted by Gasteiger charge is -2.06. The number of carbonyl (C=O) groups is 1. The predicted molar refractivity (Wildman–Crippen MR) is 121 cm³/mol. The Morgan fingerprint density at radius 2 is 1.72 bits per heavy atom. The highest BCUT2D eigenvalue weighted by atomic mass is 16.5. The Morgan fingerprint density at radius 3 is 2.47 bits per heavy atom. The average Bonchev–Trinajstić information content (AvgIpc) is 2.84. The summed E-state index contributed by atoms with van der Waals surface area (Å²) in [7, 11) is 1.57. The van der Waals surface area contributed by atoms with E-state index in [-0.39, 0.29) is 17.9 Å². The van der Waals surface area contributed by atoms with E-state index in [1.54, 1.807) is 73.8 Å². The van der Waals surface area contributed by atoms with Gasteiger partial charge in [0.1, 0.15) is 30.0 Å². The summed E-state index contributed by atoms with van der Waals surface area (Å²) in [5.41, 5.74) is 4.61. The predicted octanol–water partition coefficient (Wildman–Crippen LogP) is 4.14. The van der Waals surface area contributed by atoms with E-state index in [0.717, 1.165) is 5.56 Å². The molecule has 1 aromatic heterocycles. The molecule has 4 rings (SSSR count). The molecule has 1 N–H and O–H groups in total. The smallest absolute Gasteiger partial charge is 0.271 e. The van der Waals surface area contributed by atoms with Gasteiger partial charge in [-0.3, -0.25) is 9.59 Å². The summed E-state index contributed by atoms with van der Waals surface area (Å²) in [5, 5.41) is 4.50. The fourth-order valence-corrected chi connectivity index (χ4v) is 3.00. The van der Waals surface area contributed by atoms with Crippen molar-refractivity contribution >= 4 is 23.1 Å². The van der Waals surface area contributed by atoms with Gasteiger partial charge in [-0.05, 0) is 66.2 Å². The van der Waals surface area contributed by atoms with Crippen LogP contribution in [-0.4, -0.2) is 19.2 Å². The van der Waals surface area contributed by atoms with Gasteiger partial charge in [-0.2, -0.15) is 5.10 Å². The molecule has 0 saturated heterocycles. The van der Waals surface area contributed by atoms with Crippen LogP contribution in [0.25, 0.3) is 11.0 Å². The minimum Gasteiger partial charge on any atom is -0.497 e. The lowest BCUT2D eigenvalue weighted by atomic mass is 10.2. The number of amides is 1. The van der Waals surface area contributed by atoms with Crippen LogP contribution in [0.4, 0.5) is 0 Å². The third-order valence-electron chi connectivity index (χ3n) is 4.76. The maximum Gasteiger partial charge on any atom is 0.271 e. The number of nitrogens with one attached hydrogen (secondary N) is 1. The number of nitrogens with zero attached hydrogens (tertiary/aromatic N) is 1. The maximum atomic E-state index is 12.5. The summed E-state index contributed by atoms with van der Waals surface area (Å²) in [6.45, 7) is 0.0958. The number of para-hydroxylation sites is 1. The van der Waals surface area contributed by atoms with Gasteiger partial charge in [0.2, 0.25) is 0 Å². The Balaban J connectivity index is 1.33. The van der Waals surface area contributed by atoms with Crippen molar-refractivity contribution in [3.05, 3.63) is 106 Å². The first kappa shape index (κ1) is 20.9. The molecule has 0 aliphatic rings. The topological polar surface area (TPSA) is 90.1 Å². The molecule has 1 heterocycles. The second kappa shape index (κ2) is 9.61. The fraction of sp³-hybridized carbons (Fsp3) is 0.0800. The van der Waals surface area contributed by atoms with E-state index in [2.05, 4.69) is 10.5 Å². The molecule has 0 fully saturated rings. The Labute approximate surface area is 183 Å². The van der Waals surface area contributed by atoms with Gasteiger partial charge in [0, 0.05) is 5.56 Å². The van der Waals surface area contributed by atoms with E-state index in [9.17, 15) is 9.59 Å². The van der Waals surface area contributed by atoms with Gasteiger partial charge in [-0.1, -0.05) is 12.1 Å². The summed E-state index contributed by atoms with van der Waals surface area (Å²) in [4.78, 5) is 24.6. The molecule has 0 atom stereocenters. The molecule has 0 bridgehead atoms. The van der Waals surface area contributed by atoms with Crippen LogP contribution in [0.3, 0.4) is 0 Å². The highest BCUT2D eigenvalue weighted by molar-refractivity contribution is 5.95. The summed E-state index contributed by atoms with van der Waals surface area (Å²) in [6.07, 6.45) is 2.96. The quantitative estimate of drug-likeness (QED) is 0.353. The molecule has 0 saturated carbocycles. The van der Waals surface area contributed by atoms with Crippen LogP contribution >= 0.6 is 0 Å². The van der Waals surface area contributed by atoms with Crippen molar-refractivity contribution in [3.63, 3.8) is 0 Å². The summed E-state index contributed by atoms with van der Waals surface area (Å²) >= 11 is 0.